The zero-order valence-electron chi connectivity index (χ0n) is 24.4. The number of carbonyl (C=O) groups is 1. The van der Waals surface area contributed by atoms with Gasteiger partial charge in [-0.25, -0.2) is 0 Å². The normalized spacial score (nSPS) is 53.5. The molecular formula is C32H50O5. The lowest BCUT2D eigenvalue weighted by molar-refractivity contribution is -0.175. The molecule has 0 aromatic rings. The number of epoxide rings is 1. The minimum atomic E-state index is -0.675. The van der Waals surface area contributed by atoms with Crippen LogP contribution in [0.1, 0.15) is 107 Å². The first-order chi connectivity index (χ1) is 17.1. The summed E-state index contributed by atoms with van der Waals surface area (Å²) in [5, 5.41) is 11.1. The van der Waals surface area contributed by atoms with E-state index in [4.69, 9.17) is 14.2 Å². The molecular weight excluding hydrogens is 464 g/mol. The standard InChI is InChI=1S/C32H50O5/c1-18(33)35-25-13-14-30(6)21-12-16-31(7)20(19-17-23(36-27(19)34)26-29(4,5)37-26)11-15-32(31,8)22(21)9-10-24(30)28(25,2)3/h9,19-21,23-27,34H,10-17H2,1-8H3/t19-,20-,21-,23-,24+,25-,26+,27-,30+,31-,32+/m0/s1. The summed E-state index contributed by atoms with van der Waals surface area (Å²) in [5.41, 5.74) is 2.14. The van der Waals surface area contributed by atoms with Gasteiger partial charge in [-0.15, -0.1) is 0 Å². The van der Waals surface area contributed by atoms with Crippen LogP contribution in [0.25, 0.3) is 0 Å². The van der Waals surface area contributed by atoms with E-state index < -0.39 is 6.29 Å². The maximum Gasteiger partial charge on any atom is 0.302 e. The molecule has 3 saturated carbocycles. The SMILES string of the molecule is CC(=O)O[C@H]1CC[C@@]2(C)[C@H](CC=C3[C@@H]2CC[C@@]2(C)[C@H]([C@@H]4C[C@@H]([C@H]5OC5(C)C)O[C@@H]4O)CC[C@]32C)C1(C)C. The average molecular weight is 515 g/mol. The maximum absolute atomic E-state index is 11.9. The summed E-state index contributed by atoms with van der Waals surface area (Å²) in [6.45, 7) is 18.1. The summed E-state index contributed by atoms with van der Waals surface area (Å²) in [4.78, 5) is 11.9. The summed E-state index contributed by atoms with van der Waals surface area (Å²) in [6, 6.07) is 0. The summed E-state index contributed by atoms with van der Waals surface area (Å²) in [7, 11) is 0. The van der Waals surface area contributed by atoms with Gasteiger partial charge in [-0.1, -0.05) is 46.3 Å². The fraction of sp³-hybridized carbons (Fsp3) is 0.906. The highest BCUT2D eigenvalue weighted by Crippen LogP contribution is 2.74. The van der Waals surface area contributed by atoms with Gasteiger partial charge in [0.25, 0.3) is 0 Å². The molecule has 5 nitrogen and oxygen atoms in total. The molecule has 6 aliphatic rings. The van der Waals surface area contributed by atoms with Crippen LogP contribution in [-0.2, 0) is 19.0 Å². The van der Waals surface area contributed by atoms with E-state index in [1.54, 1.807) is 12.5 Å². The van der Waals surface area contributed by atoms with Crippen molar-refractivity contribution in [3.05, 3.63) is 11.6 Å². The Kier molecular flexibility index (Phi) is 5.74. The highest BCUT2D eigenvalue weighted by atomic mass is 16.7. The monoisotopic (exact) mass is 514 g/mol. The molecule has 2 heterocycles. The van der Waals surface area contributed by atoms with Gasteiger partial charge in [0.2, 0.25) is 0 Å². The lowest BCUT2D eigenvalue weighted by Crippen LogP contribution is -2.58. The number of aliphatic hydroxyl groups excluding tert-OH is 1. The molecule has 5 fully saturated rings. The van der Waals surface area contributed by atoms with E-state index in [9.17, 15) is 9.90 Å². The van der Waals surface area contributed by atoms with E-state index in [2.05, 4.69) is 54.5 Å². The Bertz CT molecular complexity index is 999. The number of ether oxygens (including phenoxy) is 3. The number of aliphatic hydroxyl groups is 1. The second kappa shape index (κ2) is 8.07. The molecule has 208 valence electrons. The zero-order valence-corrected chi connectivity index (χ0v) is 24.4. The first kappa shape index (κ1) is 26.3. The van der Waals surface area contributed by atoms with Gasteiger partial charge in [-0.2, -0.15) is 0 Å². The van der Waals surface area contributed by atoms with Crippen LogP contribution in [0.3, 0.4) is 0 Å². The van der Waals surface area contributed by atoms with Gasteiger partial charge < -0.3 is 19.3 Å². The van der Waals surface area contributed by atoms with Crippen LogP contribution in [0, 0.1) is 45.3 Å². The van der Waals surface area contributed by atoms with Crippen molar-refractivity contribution in [2.24, 2.45) is 45.3 Å². The van der Waals surface area contributed by atoms with E-state index >= 15 is 0 Å². The van der Waals surface area contributed by atoms with Gasteiger partial charge in [-0.3, -0.25) is 4.79 Å². The summed E-state index contributed by atoms with van der Waals surface area (Å²) >= 11 is 0. The smallest absolute Gasteiger partial charge is 0.302 e. The molecule has 0 aromatic heterocycles. The lowest BCUT2D eigenvalue weighted by Gasteiger charge is -2.64. The quantitative estimate of drug-likeness (QED) is 0.267. The third kappa shape index (κ3) is 3.55. The van der Waals surface area contributed by atoms with Crippen LogP contribution in [-0.4, -0.2) is 41.3 Å². The Hall–Kier alpha value is -0.910. The van der Waals surface area contributed by atoms with Crippen LogP contribution in [0.5, 0.6) is 0 Å². The van der Waals surface area contributed by atoms with Crippen LogP contribution in [0.2, 0.25) is 0 Å². The van der Waals surface area contributed by atoms with E-state index in [1.807, 2.05) is 0 Å². The largest absolute Gasteiger partial charge is 0.462 e. The minimum absolute atomic E-state index is 0.00977. The molecule has 0 radical (unpaired) electrons. The summed E-state index contributed by atoms with van der Waals surface area (Å²) in [6.07, 6.45) is 11.0. The number of hydrogen-bond acceptors (Lipinski definition) is 5. The van der Waals surface area contributed by atoms with Crippen molar-refractivity contribution in [2.45, 2.75) is 137 Å². The van der Waals surface area contributed by atoms with Crippen molar-refractivity contribution in [2.75, 3.05) is 0 Å². The average Bonchev–Trinajstić information content (AvgIpc) is 3.12. The number of rotatable bonds is 3. The van der Waals surface area contributed by atoms with E-state index in [0.29, 0.717) is 17.8 Å². The number of esters is 1. The van der Waals surface area contributed by atoms with Crippen molar-refractivity contribution in [3.8, 4) is 0 Å². The number of fused-ring (bicyclic) bond motifs is 5. The Morgan fingerprint density at radius 2 is 1.73 bits per heavy atom. The fourth-order valence-electron chi connectivity index (χ4n) is 10.9. The topological polar surface area (TPSA) is 68.3 Å². The van der Waals surface area contributed by atoms with E-state index in [0.717, 1.165) is 25.7 Å². The van der Waals surface area contributed by atoms with Crippen molar-refractivity contribution >= 4 is 5.97 Å². The Labute approximate surface area is 224 Å². The predicted molar refractivity (Wildman–Crippen MR) is 142 cm³/mol. The van der Waals surface area contributed by atoms with Crippen LogP contribution >= 0.6 is 0 Å². The van der Waals surface area contributed by atoms with Gasteiger partial charge in [0.05, 0.1) is 11.7 Å². The zero-order chi connectivity index (χ0) is 26.8. The second-order valence-electron chi connectivity index (χ2n) is 15.5. The number of carbonyl (C=O) groups excluding carboxylic acids is 1. The molecule has 1 N–H and O–H groups in total. The van der Waals surface area contributed by atoms with Crippen LogP contribution < -0.4 is 0 Å². The van der Waals surface area contributed by atoms with Gasteiger partial charge in [0.1, 0.15) is 12.2 Å². The molecule has 11 atom stereocenters. The van der Waals surface area contributed by atoms with Crippen LogP contribution in [0.15, 0.2) is 11.6 Å². The van der Waals surface area contributed by atoms with Crippen molar-refractivity contribution < 1.29 is 24.1 Å². The molecule has 0 amide bonds. The molecule has 0 aromatic carbocycles. The fourth-order valence-corrected chi connectivity index (χ4v) is 10.9. The minimum Gasteiger partial charge on any atom is -0.462 e. The molecule has 5 heteroatoms. The lowest BCUT2D eigenvalue weighted by atomic mass is 9.41. The summed E-state index contributed by atoms with van der Waals surface area (Å²) < 4.78 is 17.9. The van der Waals surface area contributed by atoms with E-state index in [1.165, 1.54) is 25.7 Å². The molecule has 0 unspecified atom stereocenters. The maximum atomic E-state index is 11.9. The molecule has 2 saturated heterocycles. The molecule has 37 heavy (non-hydrogen) atoms. The molecule has 2 aliphatic heterocycles. The number of hydrogen-bond donors (Lipinski definition) is 1. The molecule has 0 bridgehead atoms. The second-order valence-corrected chi connectivity index (χ2v) is 15.5. The van der Waals surface area contributed by atoms with Crippen molar-refractivity contribution in [3.63, 3.8) is 0 Å². The van der Waals surface area contributed by atoms with Crippen molar-refractivity contribution in [1.29, 1.82) is 0 Å². The van der Waals surface area contributed by atoms with Gasteiger partial charge in [0, 0.05) is 18.3 Å². The third-order valence-electron chi connectivity index (χ3n) is 13.2. The van der Waals surface area contributed by atoms with Crippen LogP contribution in [0.4, 0.5) is 0 Å². The first-order valence-corrected chi connectivity index (χ1v) is 15.0. The predicted octanol–water partition coefficient (Wildman–Crippen LogP) is 6.42. The molecule has 6 rings (SSSR count). The van der Waals surface area contributed by atoms with Crippen molar-refractivity contribution in [1.82, 2.24) is 0 Å². The Balaban J connectivity index is 1.27. The number of allylic oxidation sites excluding steroid dienone is 2. The van der Waals surface area contributed by atoms with Gasteiger partial charge in [0.15, 0.2) is 6.29 Å². The third-order valence-corrected chi connectivity index (χ3v) is 13.2. The highest BCUT2D eigenvalue weighted by molar-refractivity contribution is 5.66. The molecule has 0 spiro atoms. The van der Waals surface area contributed by atoms with Gasteiger partial charge in [-0.05, 0) is 99.2 Å². The Morgan fingerprint density at radius 3 is 2.38 bits per heavy atom. The van der Waals surface area contributed by atoms with E-state index in [-0.39, 0.29) is 57.5 Å². The first-order valence-electron chi connectivity index (χ1n) is 15.0. The summed E-state index contributed by atoms with van der Waals surface area (Å²) in [5.74, 6) is 1.63. The highest BCUT2D eigenvalue weighted by Gasteiger charge is 2.67. The Morgan fingerprint density at radius 1 is 1.03 bits per heavy atom. The van der Waals surface area contributed by atoms with Gasteiger partial charge >= 0.3 is 5.97 Å². The molecule has 4 aliphatic carbocycles.